The molecule has 4 nitrogen and oxygen atoms in total. The van der Waals surface area contributed by atoms with Gasteiger partial charge in [-0.3, -0.25) is 0 Å². The Labute approximate surface area is 173 Å². The maximum Gasteiger partial charge on any atom is 0.416 e. The van der Waals surface area contributed by atoms with Crippen LogP contribution >= 0.6 is 0 Å². The highest BCUT2D eigenvalue weighted by molar-refractivity contribution is 5.48. The lowest BCUT2D eigenvalue weighted by molar-refractivity contribution is -0.137. The average Bonchev–Trinajstić information content (AvgIpc) is 2.76. The van der Waals surface area contributed by atoms with E-state index in [2.05, 4.69) is 39.5 Å². The van der Waals surface area contributed by atoms with Crippen LogP contribution in [0.1, 0.15) is 30.9 Å². The molecule has 0 spiro atoms. The molecule has 0 unspecified atom stereocenters. The van der Waals surface area contributed by atoms with E-state index in [1.807, 2.05) is 12.1 Å². The number of halogens is 3. The fourth-order valence-electron chi connectivity index (χ4n) is 2.64. The molecule has 0 bridgehead atoms. The molecule has 0 saturated heterocycles. The number of nitrogens with zero attached hydrogens (tertiary/aromatic N) is 4. The summed E-state index contributed by atoms with van der Waals surface area (Å²) < 4.78 is 37.7. The number of unbranched alkanes of at least 4 members (excludes halogenated alkanes) is 1. The highest BCUT2D eigenvalue weighted by Gasteiger charge is 2.29. The van der Waals surface area contributed by atoms with Gasteiger partial charge < -0.3 is 0 Å². The Hall–Kier alpha value is -3.35. The van der Waals surface area contributed by atoms with Crippen LogP contribution in [0.4, 0.5) is 35.9 Å². The second kappa shape index (κ2) is 9.91. The number of alkyl halides is 3. The van der Waals surface area contributed by atoms with Gasteiger partial charge in [-0.25, -0.2) is 0 Å². The van der Waals surface area contributed by atoms with E-state index in [0.29, 0.717) is 17.1 Å². The van der Waals surface area contributed by atoms with Crippen LogP contribution in [0.5, 0.6) is 0 Å². The first kappa shape index (κ1) is 21.4. The molecule has 0 N–H and O–H groups in total. The molecule has 0 amide bonds. The zero-order chi connectivity index (χ0) is 21.4. The predicted octanol–water partition coefficient (Wildman–Crippen LogP) is 8.88. The van der Waals surface area contributed by atoms with Gasteiger partial charge in [0.2, 0.25) is 0 Å². The van der Waals surface area contributed by atoms with Crippen molar-refractivity contribution in [3.63, 3.8) is 0 Å². The molecule has 0 aliphatic carbocycles. The summed E-state index contributed by atoms with van der Waals surface area (Å²) in [7, 11) is 0. The molecule has 7 heteroatoms. The Kier molecular flexibility index (Phi) is 7.06. The molecule has 3 rings (SSSR count). The summed E-state index contributed by atoms with van der Waals surface area (Å²) in [5.41, 5.74) is 2.92. The summed E-state index contributed by atoms with van der Waals surface area (Å²) in [5, 5.41) is 16.4. The minimum absolute atomic E-state index is 0.342. The van der Waals surface area contributed by atoms with E-state index < -0.39 is 11.7 Å². The summed E-state index contributed by atoms with van der Waals surface area (Å²) in [6.07, 6.45) is -0.960. The normalized spacial score (nSPS) is 12.1. The van der Waals surface area contributed by atoms with E-state index in [1.54, 1.807) is 24.3 Å². The molecule has 154 valence electrons. The standard InChI is InChI=1S/C23H21F3N4/c1-2-3-4-17-5-9-19(10-6-17)27-29-21-13-15-22(16-14-21)30-28-20-11-7-18(8-12-20)23(24,25)26/h5-16H,2-4H2,1H3/b29-27-,30-28?. The van der Waals surface area contributed by atoms with Gasteiger partial charge >= 0.3 is 6.18 Å². The van der Waals surface area contributed by atoms with E-state index in [1.165, 1.54) is 30.5 Å². The van der Waals surface area contributed by atoms with Gasteiger partial charge in [0.25, 0.3) is 0 Å². The Morgan fingerprint density at radius 1 is 0.600 bits per heavy atom. The van der Waals surface area contributed by atoms with Crippen molar-refractivity contribution in [2.75, 3.05) is 0 Å². The van der Waals surface area contributed by atoms with Crippen molar-refractivity contribution in [1.82, 2.24) is 0 Å². The maximum atomic E-state index is 12.6. The van der Waals surface area contributed by atoms with Crippen LogP contribution in [-0.4, -0.2) is 0 Å². The molecule has 0 atom stereocenters. The van der Waals surface area contributed by atoms with Crippen molar-refractivity contribution in [2.45, 2.75) is 32.4 Å². The summed E-state index contributed by atoms with van der Waals surface area (Å²) >= 11 is 0. The zero-order valence-corrected chi connectivity index (χ0v) is 16.5. The van der Waals surface area contributed by atoms with Crippen molar-refractivity contribution < 1.29 is 13.2 Å². The van der Waals surface area contributed by atoms with Gasteiger partial charge in [0.05, 0.1) is 28.3 Å². The van der Waals surface area contributed by atoms with E-state index in [4.69, 9.17) is 0 Å². The molecular formula is C23H21F3N4. The number of hydrogen-bond acceptors (Lipinski definition) is 4. The van der Waals surface area contributed by atoms with Gasteiger partial charge in [-0.05, 0) is 79.1 Å². The predicted molar refractivity (Wildman–Crippen MR) is 111 cm³/mol. The largest absolute Gasteiger partial charge is 0.416 e. The molecule has 30 heavy (non-hydrogen) atoms. The van der Waals surface area contributed by atoms with Crippen molar-refractivity contribution in [3.05, 3.63) is 83.9 Å². The Balaban J connectivity index is 1.59. The molecule has 0 aliphatic rings. The van der Waals surface area contributed by atoms with Crippen LogP contribution in [0.2, 0.25) is 0 Å². The zero-order valence-electron chi connectivity index (χ0n) is 16.5. The van der Waals surface area contributed by atoms with E-state index >= 15 is 0 Å². The number of hydrogen-bond donors (Lipinski definition) is 0. The minimum atomic E-state index is -4.36. The lowest BCUT2D eigenvalue weighted by Gasteiger charge is -2.05. The lowest BCUT2D eigenvalue weighted by atomic mass is 10.1. The maximum absolute atomic E-state index is 12.6. The van der Waals surface area contributed by atoms with Gasteiger partial charge in [0, 0.05) is 0 Å². The average molecular weight is 410 g/mol. The Morgan fingerprint density at radius 2 is 0.967 bits per heavy atom. The number of azo groups is 2. The first-order valence-electron chi connectivity index (χ1n) is 9.64. The third-order valence-electron chi connectivity index (χ3n) is 4.36. The highest BCUT2D eigenvalue weighted by atomic mass is 19.4. The van der Waals surface area contributed by atoms with Crippen LogP contribution in [0.25, 0.3) is 0 Å². The lowest BCUT2D eigenvalue weighted by Crippen LogP contribution is -2.03. The molecule has 0 aromatic heterocycles. The highest BCUT2D eigenvalue weighted by Crippen LogP contribution is 2.31. The first-order valence-corrected chi connectivity index (χ1v) is 9.64. The van der Waals surface area contributed by atoms with Crippen LogP contribution in [0, 0.1) is 0 Å². The molecular weight excluding hydrogens is 389 g/mol. The third kappa shape index (κ3) is 6.34. The summed E-state index contributed by atoms with van der Waals surface area (Å²) in [6.45, 7) is 2.17. The number of benzene rings is 3. The van der Waals surface area contributed by atoms with Gasteiger partial charge in [-0.2, -0.15) is 33.6 Å². The Bertz CT molecular complexity index is 991. The second-order valence-corrected chi connectivity index (χ2v) is 6.73. The molecule has 3 aromatic rings. The van der Waals surface area contributed by atoms with Crippen molar-refractivity contribution >= 4 is 22.7 Å². The van der Waals surface area contributed by atoms with Gasteiger partial charge in [-0.1, -0.05) is 25.5 Å². The topological polar surface area (TPSA) is 49.4 Å². The monoisotopic (exact) mass is 410 g/mol. The second-order valence-electron chi connectivity index (χ2n) is 6.73. The smallest absolute Gasteiger partial charge is 0.166 e. The van der Waals surface area contributed by atoms with Crippen molar-refractivity contribution in [2.24, 2.45) is 20.5 Å². The Morgan fingerprint density at radius 3 is 1.33 bits per heavy atom. The van der Waals surface area contributed by atoms with Crippen molar-refractivity contribution in [1.29, 1.82) is 0 Å². The van der Waals surface area contributed by atoms with Crippen LogP contribution in [-0.2, 0) is 12.6 Å². The molecule has 0 heterocycles. The van der Waals surface area contributed by atoms with Crippen molar-refractivity contribution in [3.8, 4) is 0 Å². The molecule has 0 saturated carbocycles. The van der Waals surface area contributed by atoms with Gasteiger partial charge in [0.1, 0.15) is 0 Å². The summed E-state index contributed by atoms with van der Waals surface area (Å²) in [4.78, 5) is 0. The van der Waals surface area contributed by atoms with Gasteiger partial charge in [0.15, 0.2) is 0 Å². The van der Waals surface area contributed by atoms with Crippen LogP contribution in [0.3, 0.4) is 0 Å². The molecule has 3 aromatic carbocycles. The van der Waals surface area contributed by atoms with E-state index in [9.17, 15) is 13.2 Å². The van der Waals surface area contributed by atoms with E-state index in [0.717, 1.165) is 24.2 Å². The first-order chi connectivity index (χ1) is 14.4. The summed E-state index contributed by atoms with van der Waals surface area (Å²) in [5.74, 6) is 0. The fourth-order valence-corrected chi connectivity index (χ4v) is 2.64. The quantitative estimate of drug-likeness (QED) is 0.349. The van der Waals surface area contributed by atoms with Gasteiger partial charge in [-0.15, -0.1) is 0 Å². The minimum Gasteiger partial charge on any atom is -0.166 e. The fraction of sp³-hybridized carbons (Fsp3) is 0.217. The molecule has 0 radical (unpaired) electrons. The number of rotatable bonds is 7. The SMILES string of the molecule is CCCCc1ccc(/N=N\c2ccc(N=Nc3ccc(C(F)(F)F)cc3)cc2)cc1. The molecule has 0 aliphatic heterocycles. The third-order valence-corrected chi connectivity index (χ3v) is 4.36. The van der Waals surface area contributed by atoms with Crippen LogP contribution < -0.4 is 0 Å². The summed E-state index contributed by atoms with van der Waals surface area (Å²) in [6, 6.07) is 19.5. The van der Waals surface area contributed by atoms with Crippen LogP contribution in [0.15, 0.2) is 93.3 Å². The number of aryl methyl sites for hydroxylation is 1. The molecule has 0 fully saturated rings. The van der Waals surface area contributed by atoms with E-state index in [-0.39, 0.29) is 0 Å².